The maximum Gasteiger partial charge on any atom is 0.289 e. The van der Waals surface area contributed by atoms with Gasteiger partial charge >= 0.3 is 0 Å². The van der Waals surface area contributed by atoms with Gasteiger partial charge in [-0.05, 0) is 67.6 Å². The molecule has 10 heteroatoms. The number of carbonyl (C=O) groups excluding carboxylic acids is 5. The van der Waals surface area contributed by atoms with Crippen molar-refractivity contribution in [2.75, 3.05) is 6.54 Å². The fourth-order valence-electron chi connectivity index (χ4n) is 4.83. The molecule has 4 N–H and O–H groups in total. The Morgan fingerprint density at radius 2 is 1.69 bits per heavy atom. The van der Waals surface area contributed by atoms with E-state index in [9.17, 15) is 28.4 Å². The molecular weight excluding hydrogens is 503 g/mol. The van der Waals surface area contributed by atoms with Crippen LogP contribution in [0.3, 0.4) is 0 Å². The van der Waals surface area contributed by atoms with Crippen LogP contribution >= 0.6 is 0 Å². The van der Waals surface area contributed by atoms with Crippen LogP contribution in [-0.4, -0.2) is 54.1 Å². The zero-order valence-corrected chi connectivity index (χ0v) is 23.3. The molecule has 4 atom stereocenters. The van der Waals surface area contributed by atoms with Gasteiger partial charge in [0.2, 0.25) is 23.5 Å². The lowest BCUT2D eigenvalue weighted by atomic mass is 9.87. The van der Waals surface area contributed by atoms with Gasteiger partial charge in [0.1, 0.15) is 11.9 Å². The zero-order valence-electron chi connectivity index (χ0n) is 23.3. The van der Waals surface area contributed by atoms with E-state index in [0.29, 0.717) is 19.4 Å². The second-order valence-corrected chi connectivity index (χ2v) is 11.9. The molecule has 4 amide bonds. The number of hydrogen-bond acceptors (Lipinski definition) is 5. The van der Waals surface area contributed by atoms with E-state index in [4.69, 9.17) is 0 Å². The molecule has 1 heterocycles. The highest BCUT2D eigenvalue weighted by molar-refractivity contribution is 6.38. The molecule has 1 aromatic rings. The summed E-state index contributed by atoms with van der Waals surface area (Å²) >= 11 is 0. The highest BCUT2D eigenvalue weighted by atomic mass is 19.1. The largest absolute Gasteiger partial charge is 0.356 e. The minimum Gasteiger partial charge on any atom is -0.356 e. The van der Waals surface area contributed by atoms with Gasteiger partial charge in [0.05, 0.1) is 6.04 Å². The van der Waals surface area contributed by atoms with E-state index in [0.717, 1.165) is 18.4 Å². The average Bonchev–Trinajstić information content (AvgIpc) is 3.59. The van der Waals surface area contributed by atoms with Crippen LogP contribution in [-0.2, 0) is 24.0 Å². The van der Waals surface area contributed by atoms with Crippen molar-refractivity contribution in [3.05, 3.63) is 35.6 Å². The molecule has 0 aromatic heterocycles. The second-order valence-electron chi connectivity index (χ2n) is 11.9. The van der Waals surface area contributed by atoms with E-state index in [2.05, 4.69) is 21.3 Å². The van der Waals surface area contributed by atoms with Crippen LogP contribution in [0.25, 0.3) is 0 Å². The van der Waals surface area contributed by atoms with E-state index < -0.39 is 35.6 Å². The molecule has 1 aromatic carbocycles. The number of hydrogen-bond donors (Lipinski definition) is 4. The van der Waals surface area contributed by atoms with Gasteiger partial charge < -0.3 is 21.3 Å². The summed E-state index contributed by atoms with van der Waals surface area (Å²) in [4.78, 5) is 64.4. The quantitative estimate of drug-likeness (QED) is 0.283. The number of benzene rings is 1. The Morgan fingerprint density at radius 3 is 2.23 bits per heavy atom. The van der Waals surface area contributed by atoms with Crippen LogP contribution in [0.1, 0.15) is 84.1 Å². The number of amides is 4. The maximum absolute atomic E-state index is 13.5. The van der Waals surface area contributed by atoms with E-state index in [1.54, 1.807) is 12.1 Å². The van der Waals surface area contributed by atoms with Crippen LogP contribution in [0.2, 0.25) is 0 Å². The Hall–Kier alpha value is -3.30. The molecule has 39 heavy (non-hydrogen) atoms. The molecule has 1 aliphatic carbocycles. The molecule has 2 fully saturated rings. The highest BCUT2D eigenvalue weighted by Crippen LogP contribution is 2.25. The SMILES string of the molecule is CCC(CC(=O)NC(CC(C)(C)C)C(=O)NC(C[C@@H]1CCNC1=O)C(=O)C(=O)NC1CC1)c1ccc(F)cc1. The Kier molecular flexibility index (Phi) is 10.2. The summed E-state index contributed by atoms with van der Waals surface area (Å²) in [5, 5.41) is 10.9. The summed E-state index contributed by atoms with van der Waals surface area (Å²) < 4.78 is 13.4. The summed E-state index contributed by atoms with van der Waals surface area (Å²) in [7, 11) is 0. The monoisotopic (exact) mass is 544 g/mol. The van der Waals surface area contributed by atoms with Gasteiger partial charge in [-0.3, -0.25) is 24.0 Å². The molecule has 9 nitrogen and oxygen atoms in total. The smallest absolute Gasteiger partial charge is 0.289 e. The molecule has 214 valence electrons. The van der Waals surface area contributed by atoms with Gasteiger partial charge in [0.25, 0.3) is 5.91 Å². The standard InChI is InChI=1S/C29H41FN4O5/c1-5-17(18-6-8-20(30)9-7-18)15-24(35)33-23(16-29(2,3)4)27(38)34-22(14-19-12-13-31-26(19)37)25(36)28(39)32-21-10-11-21/h6-9,17,19,21-23H,5,10-16H2,1-4H3,(H,31,37)(H,32,39)(H,33,35)(H,34,38)/t17?,19-,22?,23?/m0/s1. The predicted molar refractivity (Wildman–Crippen MR) is 144 cm³/mol. The first-order valence-corrected chi connectivity index (χ1v) is 13.8. The average molecular weight is 545 g/mol. The molecule has 2 aliphatic rings. The van der Waals surface area contributed by atoms with Crippen molar-refractivity contribution < 1.29 is 28.4 Å². The van der Waals surface area contributed by atoms with Gasteiger partial charge in [-0.1, -0.05) is 39.8 Å². The summed E-state index contributed by atoms with van der Waals surface area (Å²) in [6.07, 6.45) is 3.15. The third kappa shape index (κ3) is 9.44. The zero-order chi connectivity index (χ0) is 28.7. The normalized spacial score (nSPS) is 19.4. The fraction of sp³-hybridized carbons (Fsp3) is 0.621. The molecular formula is C29H41FN4O5. The van der Waals surface area contributed by atoms with Crippen molar-refractivity contribution in [1.82, 2.24) is 21.3 Å². The van der Waals surface area contributed by atoms with E-state index >= 15 is 0 Å². The first-order chi connectivity index (χ1) is 18.4. The molecule has 0 radical (unpaired) electrons. The topological polar surface area (TPSA) is 133 Å². The summed E-state index contributed by atoms with van der Waals surface area (Å²) in [5.41, 5.74) is 0.484. The molecule has 1 aliphatic heterocycles. The van der Waals surface area contributed by atoms with E-state index in [1.807, 2.05) is 27.7 Å². The van der Waals surface area contributed by atoms with Crippen molar-refractivity contribution in [2.45, 2.75) is 96.7 Å². The van der Waals surface area contributed by atoms with Crippen LogP contribution in [0, 0.1) is 17.2 Å². The first-order valence-electron chi connectivity index (χ1n) is 13.8. The second kappa shape index (κ2) is 13.2. The lowest BCUT2D eigenvalue weighted by Crippen LogP contribution is -2.55. The Morgan fingerprint density at radius 1 is 1.03 bits per heavy atom. The number of ketones is 1. The fourth-order valence-corrected chi connectivity index (χ4v) is 4.83. The number of carbonyl (C=O) groups is 5. The van der Waals surface area contributed by atoms with Crippen molar-refractivity contribution in [3.63, 3.8) is 0 Å². The van der Waals surface area contributed by atoms with Crippen LogP contribution in [0.4, 0.5) is 4.39 Å². The minimum atomic E-state index is -1.19. The summed E-state index contributed by atoms with van der Waals surface area (Å²) in [5.74, 6) is -3.72. The predicted octanol–water partition coefficient (Wildman–Crippen LogP) is 2.49. The van der Waals surface area contributed by atoms with Crippen LogP contribution in [0.5, 0.6) is 0 Å². The van der Waals surface area contributed by atoms with Gasteiger partial charge in [-0.15, -0.1) is 0 Å². The molecule has 3 rings (SSSR count). The number of nitrogens with one attached hydrogen (secondary N) is 4. The first kappa shape index (κ1) is 30.2. The van der Waals surface area contributed by atoms with Crippen molar-refractivity contribution in [3.8, 4) is 0 Å². The van der Waals surface area contributed by atoms with Crippen molar-refractivity contribution in [1.29, 1.82) is 0 Å². The molecule has 1 saturated heterocycles. The minimum absolute atomic E-state index is 0.00710. The van der Waals surface area contributed by atoms with Crippen molar-refractivity contribution >= 4 is 29.4 Å². The number of Topliss-reactive ketones (excluding diaryl/α,β-unsaturated/α-hetero) is 1. The summed E-state index contributed by atoms with van der Waals surface area (Å²) in [6.45, 7) is 8.20. The van der Waals surface area contributed by atoms with Gasteiger partial charge in [-0.2, -0.15) is 0 Å². The Labute approximate surface area is 229 Å². The third-order valence-electron chi connectivity index (χ3n) is 7.19. The number of rotatable bonds is 13. The Balaban J connectivity index is 1.73. The lowest BCUT2D eigenvalue weighted by molar-refractivity contribution is -0.141. The third-order valence-corrected chi connectivity index (χ3v) is 7.19. The van der Waals surface area contributed by atoms with Crippen LogP contribution < -0.4 is 21.3 Å². The van der Waals surface area contributed by atoms with Gasteiger partial charge in [-0.25, -0.2) is 4.39 Å². The van der Waals surface area contributed by atoms with E-state index in [1.165, 1.54) is 12.1 Å². The maximum atomic E-state index is 13.5. The van der Waals surface area contributed by atoms with Crippen molar-refractivity contribution in [2.24, 2.45) is 11.3 Å². The number of halogens is 1. The van der Waals surface area contributed by atoms with Gasteiger partial charge in [0.15, 0.2) is 0 Å². The summed E-state index contributed by atoms with van der Waals surface area (Å²) in [6, 6.07) is 3.83. The lowest BCUT2D eigenvalue weighted by Gasteiger charge is -2.28. The molecule has 0 bridgehead atoms. The Bertz CT molecular complexity index is 1060. The molecule has 3 unspecified atom stereocenters. The molecule has 1 saturated carbocycles. The molecule has 0 spiro atoms. The highest BCUT2D eigenvalue weighted by Gasteiger charge is 2.37. The van der Waals surface area contributed by atoms with Gasteiger partial charge in [0, 0.05) is 24.9 Å². The van der Waals surface area contributed by atoms with Crippen LogP contribution in [0.15, 0.2) is 24.3 Å². The van der Waals surface area contributed by atoms with E-state index in [-0.39, 0.29) is 54.3 Å².